The van der Waals surface area contributed by atoms with Crippen LogP contribution in [0.3, 0.4) is 0 Å². The second kappa shape index (κ2) is 6.50. The molecule has 2 heterocycles. The Labute approximate surface area is 136 Å². The average Bonchev–Trinajstić information content (AvgIpc) is 2.92. The Balaban J connectivity index is 1.78. The van der Waals surface area contributed by atoms with E-state index >= 15 is 0 Å². The highest BCUT2D eigenvalue weighted by atomic mass is 16.2. The van der Waals surface area contributed by atoms with Gasteiger partial charge in [0.25, 0.3) is 0 Å². The van der Waals surface area contributed by atoms with Crippen molar-refractivity contribution in [3.05, 3.63) is 47.5 Å². The molecule has 1 amide bonds. The molecule has 0 bridgehead atoms. The zero-order valence-corrected chi connectivity index (χ0v) is 13.9. The number of carbonyl (C=O) groups is 1. The number of amides is 1. The Bertz CT molecular complexity index is 680. The Hall–Kier alpha value is -2.21. The lowest BCUT2D eigenvalue weighted by Crippen LogP contribution is -2.45. The number of hydrogen-bond acceptors (Lipinski definition) is 4. The number of likely N-dealkylation sites (N-methyl/N-ethyl adjacent to an activating group) is 1. The number of hydrogen-bond donors (Lipinski definition) is 1. The third kappa shape index (κ3) is 3.42. The number of benzene rings is 1. The largest absolute Gasteiger partial charge is 0.347 e. The summed E-state index contributed by atoms with van der Waals surface area (Å²) in [5.74, 6) is 1.91. The highest BCUT2D eigenvalue weighted by molar-refractivity contribution is 5.82. The molecule has 2 unspecified atom stereocenters. The van der Waals surface area contributed by atoms with Crippen molar-refractivity contribution < 1.29 is 4.79 Å². The number of nitrogens with one attached hydrogen (secondary N) is 1. The average molecular weight is 313 g/mol. The van der Waals surface area contributed by atoms with E-state index in [1.165, 1.54) is 0 Å². The van der Waals surface area contributed by atoms with Crippen molar-refractivity contribution >= 4 is 5.91 Å². The fraction of sp³-hybridized carbons (Fsp3) is 0.471. The summed E-state index contributed by atoms with van der Waals surface area (Å²) in [7, 11) is 3.58. The molecule has 0 spiro atoms. The molecule has 6 heteroatoms. The molecule has 6 nitrogen and oxygen atoms in total. The van der Waals surface area contributed by atoms with Crippen LogP contribution >= 0.6 is 0 Å². The van der Waals surface area contributed by atoms with E-state index in [4.69, 9.17) is 0 Å². The van der Waals surface area contributed by atoms with E-state index in [9.17, 15) is 4.79 Å². The van der Waals surface area contributed by atoms with Gasteiger partial charge < -0.3 is 4.90 Å². The Kier molecular flexibility index (Phi) is 4.43. The molecule has 1 aromatic heterocycles. The Morgan fingerprint density at radius 2 is 2.09 bits per heavy atom. The van der Waals surface area contributed by atoms with Gasteiger partial charge in [-0.2, -0.15) is 5.10 Å². The van der Waals surface area contributed by atoms with Crippen LogP contribution in [0.2, 0.25) is 0 Å². The maximum atomic E-state index is 12.6. The molecule has 0 saturated carbocycles. The summed E-state index contributed by atoms with van der Waals surface area (Å²) in [6.07, 6.45) is 1.85. The molecule has 1 aliphatic rings. The molecular formula is C17H23N5O. The van der Waals surface area contributed by atoms with E-state index < -0.39 is 0 Å². The maximum absolute atomic E-state index is 12.6. The number of fused-ring (bicyclic) bond motifs is 1. The highest BCUT2D eigenvalue weighted by Crippen LogP contribution is 2.20. The van der Waals surface area contributed by atoms with E-state index in [2.05, 4.69) is 15.4 Å². The van der Waals surface area contributed by atoms with Crippen LogP contribution < -0.4 is 5.32 Å². The van der Waals surface area contributed by atoms with E-state index in [0.29, 0.717) is 0 Å². The minimum atomic E-state index is -0.331. The summed E-state index contributed by atoms with van der Waals surface area (Å²) in [5, 5.41) is 7.96. The van der Waals surface area contributed by atoms with Gasteiger partial charge in [0, 0.05) is 26.6 Å². The first kappa shape index (κ1) is 15.7. The predicted molar refractivity (Wildman–Crippen MR) is 87.9 cm³/mol. The number of aryl methyl sites for hydroxylation is 2. The van der Waals surface area contributed by atoms with Gasteiger partial charge in [0.05, 0.1) is 6.54 Å². The first-order valence-corrected chi connectivity index (χ1v) is 7.97. The van der Waals surface area contributed by atoms with Gasteiger partial charge in [0.15, 0.2) is 0 Å². The number of aromatic nitrogens is 3. The second-order valence-electron chi connectivity index (χ2n) is 6.24. The lowest BCUT2D eigenvalue weighted by Gasteiger charge is -2.29. The van der Waals surface area contributed by atoms with E-state index in [0.717, 1.165) is 36.6 Å². The molecular weight excluding hydrogens is 290 g/mol. The Morgan fingerprint density at radius 3 is 2.78 bits per heavy atom. The van der Waals surface area contributed by atoms with Gasteiger partial charge in [0.2, 0.25) is 5.91 Å². The SMILES string of the molecule is Cc1nc2n(n1)CC(NC(C(=O)N(C)C)c1ccccc1)CC2. The van der Waals surface area contributed by atoms with Crippen LogP contribution in [0.5, 0.6) is 0 Å². The minimum absolute atomic E-state index is 0.0665. The zero-order valence-electron chi connectivity index (χ0n) is 13.9. The summed E-state index contributed by atoms with van der Waals surface area (Å²) in [5.41, 5.74) is 0.992. The van der Waals surface area contributed by atoms with Gasteiger partial charge >= 0.3 is 0 Å². The van der Waals surface area contributed by atoms with Gasteiger partial charge in [-0.25, -0.2) is 9.67 Å². The molecule has 0 radical (unpaired) electrons. The molecule has 3 rings (SSSR count). The number of rotatable bonds is 4. The molecule has 1 aliphatic heterocycles. The van der Waals surface area contributed by atoms with E-state index in [-0.39, 0.29) is 18.0 Å². The number of carbonyl (C=O) groups excluding carboxylic acids is 1. The molecule has 2 atom stereocenters. The number of nitrogens with zero attached hydrogens (tertiary/aromatic N) is 4. The highest BCUT2D eigenvalue weighted by Gasteiger charge is 2.28. The van der Waals surface area contributed by atoms with Gasteiger partial charge in [-0.3, -0.25) is 10.1 Å². The smallest absolute Gasteiger partial charge is 0.243 e. The van der Waals surface area contributed by atoms with Crippen molar-refractivity contribution in [2.24, 2.45) is 0 Å². The van der Waals surface area contributed by atoms with Crippen molar-refractivity contribution in [3.8, 4) is 0 Å². The van der Waals surface area contributed by atoms with Crippen LogP contribution in [0.4, 0.5) is 0 Å². The molecule has 1 N–H and O–H groups in total. The standard InChI is InChI=1S/C17H23N5O/c1-12-18-15-10-9-14(11-22(15)20-12)19-16(17(23)21(2)3)13-7-5-4-6-8-13/h4-8,14,16,19H,9-11H2,1-3H3. The topological polar surface area (TPSA) is 63.1 Å². The molecule has 1 aromatic carbocycles. The van der Waals surface area contributed by atoms with Crippen LogP contribution in [0, 0.1) is 6.92 Å². The summed E-state index contributed by atoms with van der Waals surface area (Å²) >= 11 is 0. The van der Waals surface area contributed by atoms with Crippen LogP contribution in [-0.4, -0.2) is 45.7 Å². The monoisotopic (exact) mass is 313 g/mol. The van der Waals surface area contributed by atoms with Crippen molar-refractivity contribution in [2.75, 3.05) is 14.1 Å². The molecule has 23 heavy (non-hydrogen) atoms. The molecule has 0 aliphatic carbocycles. The van der Waals surface area contributed by atoms with Crippen molar-refractivity contribution in [1.29, 1.82) is 0 Å². The van der Waals surface area contributed by atoms with Gasteiger partial charge in [-0.1, -0.05) is 30.3 Å². The van der Waals surface area contributed by atoms with E-state index in [1.807, 2.05) is 41.9 Å². The van der Waals surface area contributed by atoms with Gasteiger partial charge in [-0.05, 0) is 18.9 Å². The van der Waals surface area contributed by atoms with Gasteiger partial charge in [0.1, 0.15) is 17.7 Å². The second-order valence-corrected chi connectivity index (χ2v) is 6.24. The van der Waals surface area contributed by atoms with E-state index in [1.54, 1.807) is 19.0 Å². The lowest BCUT2D eigenvalue weighted by atomic mass is 10.0. The third-order valence-electron chi connectivity index (χ3n) is 4.19. The maximum Gasteiger partial charge on any atom is 0.243 e. The van der Waals surface area contributed by atoms with Crippen LogP contribution in [0.25, 0.3) is 0 Å². The van der Waals surface area contributed by atoms with Crippen LogP contribution in [0.15, 0.2) is 30.3 Å². The molecule has 0 saturated heterocycles. The molecule has 0 fully saturated rings. The fourth-order valence-electron chi connectivity index (χ4n) is 3.02. The summed E-state index contributed by atoms with van der Waals surface area (Å²) in [6.45, 7) is 2.66. The summed E-state index contributed by atoms with van der Waals surface area (Å²) in [4.78, 5) is 18.7. The first-order chi connectivity index (χ1) is 11.0. The predicted octanol–water partition coefficient (Wildman–Crippen LogP) is 1.32. The zero-order chi connectivity index (χ0) is 16.4. The van der Waals surface area contributed by atoms with Crippen molar-refractivity contribution in [1.82, 2.24) is 25.0 Å². The Morgan fingerprint density at radius 1 is 1.35 bits per heavy atom. The first-order valence-electron chi connectivity index (χ1n) is 7.97. The van der Waals surface area contributed by atoms with Crippen molar-refractivity contribution in [2.45, 2.75) is 38.4 Å². The lowest BCUT2D eigenvalue weighted by molar-refractivity contribution is -0.131. The fourth-order valence-corrected chi connectivity index (χ4v) is 3.02. The summed E-state index contributed by atoms with van der Waals surface area (Å²) < 4.78 is 1.96. The molecule has 2 aromatic rings. The van der Waals surface area contributed by atoms with Crippen LogP contribution in [0.1, 0.15) is 29.7 Å². The van der Waals surface area contributed by atoms with Crippen molar-refractivity contribution in [3.63, 3.8) is 0 Å². The minimum Gasteiger partial charge on any atom is -0.347 e. The molecule has 122 valence electrons. The van der Waals surface area contributed by atoms with Gasteiger partial charge in [-0.15, -0.1) is 0 Å². The third-order valence-corrected chi connectivity index (χ3v) is 4.19. The summed E-state index contributed by atoms with van der Waals surface area (Å²) in [6, 6.07) is 9.76. The normalized spacial score (nSPS) is 18.3. The van der Waals surface area contributed by atoms with Crippen LogP contribution in [-0.2, 0) is 17.8 Å². The quantitative estimate of drug-likeness (QED) is 0.925.